The van der Waals surface area contributed by atoms with Crippen LogP contribution < -0.4 is 5.73 Å². The van der Waals surface area contributed by atoms with Gasteiger partial charge in [-0.05, 0) is 12.8 Å². The van der Waals surface area contributed by atoms with Crippen LogP contribution in [0.4, 0.5) is 0 Å². The second-order valence-corrected chi connectivity index (χ2v) is 5.54. The zero-order valence-electron chi connectivity index (χ0n) is 11.7. The van der Waals surface area contributed by atoms with Crippen molar-refractivity contribution < 1.29 is 9.59 Å². The number of piperazine rings is 1. The molecular formula is C13H25N3O2. The molecule has 0 saturated carbocycles. The van der Waals surface area contributed by atoms with Crippen LogP contribution in [0.1, 0.15) is 33.6 Å². The highest BCUT2D eigenvalue weighted by Gasteiger charge is 2.24. The van der Waals surface area contributed by atoms with Gasteiger partial charge >= 0.3 is 0 Å². The zero-order chi connectivity index (χ0) is 13.7. The quantitative estimate of drug-likeness (QED) is 0.792. The van der Waals surface area contributed by atoms with Crippen molar-refractivity contribution in [3.63, 3.8) is 0 Å². The molecule has 0 aliphatic carbocycles. The van der Waals surface area contributed by atoms with Crippen LogP contribution in [-0.4, -0.2) is 53.8 Å². The molecular weight excluding hydrogens is 230 g/mol. The maximum absolute atomic E-state index is 11.9. The monoisotopic (exact) mass is 255 g/mol. The van der Waals surface area contributed by atoms with E-state index < -0.39 is 0 Å². The lowest BCUT2D eigenvalue weighted by Crippen LogP contribution is -2.51. The molecule has 1 rings (SSSR count). The van der Waals surface area contributed by atoms with E-state index in [1.165, 1.54) is 0 Å². The van der Waals surface area contributed by atoms with Crippen LogP contribution in [0.15, 0.2) is 0 Å². The highest BCUT2D eigenvalue weighted by Crippen LogP contribution is 2.09. The molecule has 0 bridgehead atoms. The number of amides is 2. The third-order valence-corrected chi connectivity index (χ3v) is 3.06. The Hall–Kier alpha value is -1.10. The molecule has 1 atom stereocenters. The lowest BCUT2D eigenvalue weighted by atomic mass is 10.1. The van der Waals surface area contributed by atoms with Gasteiger partial charge in [0.2, 0.25) is 11.8 Å². The van der Waals surface area contributed by atoms with Crippen LogP contribution in [0, 0.1) is 5.92 Å². The third kappa shape index (κ3) is 4.64. The van der Waals surface area contributed by atoms with Crippen molar-refractivity contribution in [1.29, 1.82) is 0 Å². The molecule has 1 aliphatic rings. The lowest BCUT2D eigenvalue weighted by molar-refractivity contribution is -0.140. The van der Waals surface area contributed by atoms with Gasteiger partial charge in [0.25, 0.3) is 0 Å². The molecule has 18 heavy (non-hydrogen) atoms. The predicted octanol–water partition coefficient (Wildman–Crippen LogP) is 0.441. The van der Waals surface area contributed by atoms with E-state index in [4.69, 9.17) is 5.73 Å². The van der Waals surface area contributed by atoms with Gasteiger partial charge in [-0.1, -0.05) is 13.8 Å². The van der Waals surface area contributed by atoms with Crippen molar-refractivity contribution in [2.24, 2.45) is 11.7 Å². The van der Waals surface area contributed by atoms with E-state index in [9.17, 15) is 9.59 Å². The predicted molar refractivity (Wildman–Crippen MR) is 70.9 cm³/mol. The second-order valence-electron chi connectivity index (χ2n) is 5.54. The number of hydrogen-bond acceptors (Lipinski definition) is 3. The van der Waals surface area contributed by atoms with Gasteiger partial charge in [-0.15, -0.1) is 0 Å². The molecule has 0 spiro atoms. The van der Waals surface area contributed by atoms with E-state index in [1.54, 1.807) is 0 Å². The Morgan fingerprint density at radius 1 is 0.944 bits per heavy atom. The summed E-state index contributed by atoms with van der Waals surface area (Å²) in [6.45, 7) is 8.48. The number of nitrogens with two attached hydrogens (primary N) is 1. The number of nitrogens with zero attached hydrogens (tertiary/aromatic N) is 2. The van der Waals surface area contributed by atoms with E-state index >= 15 is 0 Å². The maximum atomic E-state index is 11.9. The minimum absolute atomic E-state index is 0.0981. The molecule has 1 fully saturated rings. The molecule has 0 aromatic rings. The fourth-order valence-electron chi connectivity index (χ4n) is 2.09. The van der Waals surface area contributed by atoms with Crippen LogP contribution in [0.25, 0.3) is 0 Å². The summed E-state index contributed by atoms with van der Waals surface area (Å²) < 4.78 is 0. The summed E-state index contributed by atoms with van der Waals surface area (Å²) in [4.78, 5) is 27.3. The Morgan fingerprint density at radius 2 is 1.33 bits per heavy atom. The highest BCUT2D eigenvalue weighted by atomic mass is 16.2. The zero-order valence-corrected chi connectivity index (χ0v) is 11.7. The van der Waals surface area contributed by atoms with Gasteiger partial charge in [-0.3, -0.25) is 9.59 Å². The Balaban J connectivity index is 2.36. The van der Waals surface area contributed by atoms with Crippen LogP contribution in [0.3, 0.4) is 0 Å². The first-order valence-electron chi connectivity index (χ1n) is 6.71. The summed E-state index contributed by atoms with van der Waals surface area (Å²) in [6.07, 6.45) is 0.980. The van der Waals surface area contributed by atoms with Crippen molar-refractivity contribution in [1.82, 2.24) is 9.80 Å². The first-order chi connectivity index (χ1) is 8.40. The van der Waals surface area contributed by atoms with Gasteiger partial charge in [0.15, 0.2) is 0 Å². The van der Waals surface area contributed by atoms with Crippen molar-refractivity contribution in [3.05, 3.63) is 0 Å². The Morgan fingerprint density at radius 3 is 1.67 bits per heavy atom. The Bertz CT molecular complexity index is 265. The highest BCUT2D eigenvalue weighted by molar-refractivity contribution is 5.78. The van der Waals surface area contributed by atoms with Gasteiger partial charge in [0.05, 0.1) is 0 Å². The summed E-state index contributed by atoms with van der Waals surface area (Å²) in [5, 5.41) is 0. The van der Waals surface area contributed by atoms with Crippen molar-refractivity contribution >= 4 is 11.8 Å². The molecule has 1 saturated heterocycles. The molecule has 0 aromatic carbocycles. The van der Waals surface area contributed by atoms with Crippen molar-refractivity contribution in [3.8, 4) is 0 Å². The van der Waals surface area contributed by atoms with E-state index in [1.807, 2.05) is 30.6 Å². The fraction of sp³-hybridized carbons (Fsp3) is 0.846. The Kier molecular flexibility index (Phi) is 5.59. The van der Waals surface area contributed by atoms with Crippen LogP contribution in [0.2, 0.25) is 0 Å². The maximum Gasteiger partial charge on any atom is 0.224 e. The number of rotatable bonds is 4. The molecule has 1 unspecified atom stereocenters. The summed E-state index contributed by atoms with van der Waals surface area (Å²) in [6, 6.07) is -0.0990. The molecule has 0 aromatic heterocycles. The van der Waals surface area contributed by atoms with Crippen LogP contribution in [-0.2, 0) is 9.59 Å². The van der Waals surface area contributed by atoms with E-state index in [0.717, 1.165) is 0 Å². The van der Waals surface area contributed by atoms with Gasteiger partial charge in [0, 0.05) is 45.1 Å². The van der Waals surface area contributed by atoms with Gasteiger partial charge in [-0.2, -0.15) is 0 Å². The number of carbonyl (C=O) groups is 2. The van der Waals surface area contributed by atoms with Gasteiger partial charge in [0.1, 0.15) is 0 Å². The Labute approximate surface area is 109 Å². The molecule has 1 heterocycles. The summed E-state index contributed by atoms with van der Waals surface area (Å²) in [7, 11) is 0. The summed E-state index contributed by atoms with van der Waals surface area (Å²) in [5.74, 6) is 0.681. The fourth-order valence-corrected chi connectivity index (χ4v) is 2.09. The SMILES string of the molecule is CC(C)CC(=O)N1CCN(C(=O)CC(C)N)CC1. The molecule has 5 heteroatoms. The average molecular weight is 255 g/mol. The molecule has 2 amide bonds. The standard InChI is InChI=1S/C13H25N3O2/c1-10(2)8-12(17)15-4-6-16(7-5-15)13(18)9-11(3)14/h10-11H,4-9,14H2,1-3H3. The molecule has 104 valence electrons. The normalized spacial score (nSPS) is 18.1. The summed E-state index contributed by atoms with van der Waals surface area (Å²) >= 11 is 0. The second kappa shape index (κ2) is 6.73. The number of hydrogen-bond donors (Lipinski definition) is 1. The van der Waals surface area contributed by atoms with Gasteiger partial charge < -0.3 is 15.5 Å². The van der Waals surface area contributed by atoms with Crippen molar-refractivity contribution in [2.75, 3.05) is 26.2 Å². The average Bonchev–Trinajstić information content (AvgIpc) is 2.27. The van der Waals surface area contributed by atoms with E-state index in [2.05, 4.69) is 0 Å². The molecule has 5 nitrogen and oxygen atoms in total. The molecule has 1 aliphatic heterocycles. The molecule has 0 radical (unpaired) electrons. The smallest absolute Gasteiger partial charge is 0.224 e. The van der Waals surface area contributed by atoms with E-state index in [-0.39, 0.29) is 17.9 Å². The van der Waals surface area contributed by atoms with Gasteiger partial charge in [-0.25, -0.2) is 0 Å². The van der Waals surface area contributed by atoms with Crippen LogP contribution in [0.5, 0.6) is 0 Å². The first-order valence-corrected chi connectivity index (χ1v) is 6.71. The lowest BCUT2D eigenvalue weighted by Gasteiger charge is -2.35. The van der Waals surface area contributed by atoms with Crippen LogP contribution >= 0.6 is 0 Å². The summed E-state index contributed by atoms with van der Waals surface area (Å²) in [5.41, 5.74) is 5.62. The topological polar surface area (TPSA) is 66.6 Å². The third-order valence-electron chi connectivity index (χ3n) is 3.06. The minimum Gasteiger partial charge on any atom is -0.339 e. The van der Waals surface area contributed by atoms with Crippen molar-refractivity contribution in [2.45, 2.75) is 39.7 Å². The molecule has 2 N–H and O–H groups in total. The van der Waals surface area contributed by atoms with E-state index in [0.29, 0.717) is 44.9 Å². The first kappa shape index (κ1) is 15.0. The largest absolute Gasteiger partial charge is 0.339 e. The number of carbonyl (C=O) groups excluding carboxylic acids is 2. The minimum atomic E-state index is -0.0990.